The fraction of sp³-hybridized carbons (Fsp3) is 0.600. The van der Waals surface area contributed by atoms with Crippen molar-refractivity contribution < 1.29 is 27.2 Å². The number of carbonyl (C=O) groups excluding carboxylic acids is 2. The van der Waals surface area contributed by atoms with Crippen LogP contribution < -0.4 is 0 Å². The number of amides is 1. The molecule has 0 radical (unpaired) electrons. The Morgan fingerprint density at radius 3 is 2.67 bits per heavy atom. The lowest BCUT2D eigenvalue weighted by Gasteiger charge is -2.22. The van der Waals surface area contributed by atoms with Crippen molar-refractivity contribution in [3.8, 4) is 0 Å². The maximum Gasteiger partial charge on any atom is 0.328 e. The molecule has 0 unspecified atom stereocenters. The van der Waals surface area contributed by atoms with Gasteiger partial charge in [0.05, 0.1) is 12.2 Å². The van der Waals surface area contributed by atoms with Crippen molar-refractivity contribution in [3.63, 3.8) is 0 Å². The third-order valence-electron chi connectivity index (χ3n) is 3.93. The van der Waals surface area contributed by atoms with Crippen LogP contribution in [-0.2, 0) is 19.6 Å². The van der Waals surface area contributed by atoms with Crippen LogP contribution in [0.25, 0.3) is 0 Å². The molecule has 9 heteroatoms. The average Bonchev–Trinajstić information content (AvgIpc) is 3.13. The molecule has 1 atom stereocenters. The number of sulfonamides is 1. The first-order chi connectivity index (χ1) is 11.2. The largest absolute Gasteiger partial charge is 0.464 e. The lowest BCUT2D eigenvalue weighted by molar-refractivity contribution is -0.147. The van der Waals surface area contributed by atoms with Crippen LogP contribution in [0.2, 0.25) is 0 Å². The minimum atomic E-state index is -3.77. The Labute approximate surface area is 141 Å². The van der Waals surface area contributed by atoms with Gasteiger partial charge in [-0.2, -0.15) is 0 Å². The summed E-state index contributed by atoms with van der Waals surface area (Å²) in [6.07, 6.45) is 1.22. The molecular formula is C15H22N2O6S. The third-order valence-corrected chi connectivity index (χ3v) is 5.60. The summed E-state index contributed by atoms with van der Waals surface area (Å²) in [7, 11) is -1.01. The molecule has 2 rings (SSSR count). The molecule has 24 heavy (non-hydrogen) atoms. The van der Waals surface area contributed by atoms with E-state index in [-0.39, 0.29) is 23.0 Å². The van der Waals surface area contributed by atoms with Crippen LogP contribution in [0.15, 0.2) is 15.6 Å². The van der Waals surface area contributed by atoms with Gasteiger partial charge in [-0.05, 0) is 26.7 Å². The SMILES string of the molecule is CCOC(=O)[C@@H]1CCCN1C(=O)c1cc(S(=O)(=O)N(C)C)oc1C. The quantitative estimate of drug-likeness (QED) is 0.729. The minimum Gasteiger partial charge on any atom is -0.464 e. The molecule has 0 bridgehead atoms. The lowest BCUT2D eigenvalue weighted by Crippen LogP contribution is -2.41. The fourth-order valence-corrected chi connectivity index (χ4v) is 3.48. The zero-order valence-corrected chi connectivity index (χ0v) is 15.1. The van der Waals surface area contributed by atoms with Crippen LogP contribution in [0.3, 0.4) is 0 Å². The molecule has 0 aromatic carbocycles. The van der Waals surface area contributed by atoms with Crippen molar-refractivity contribution in [2.75, 3.05) is 27.2 Å². The maximum absolute atomic E-state index is 12.7. The Hall–Kier alpha value is -1.87. The van der Waals surface area contributed by atoms with Crippen LogP contribution in [-0.4, -0.2) is 62.8 Å². The number of carbonyl (C=O) groups is 2. The van der Waals surface area contributed by atoms with Gasteiger partial charge in [0.1, 0.15) is 11.8 Å². The highest BCUT2D eigenvalue weighted by Crippen LogP contribution is 2.26. The molecule has 1 aliphatic heterocycles. The summed E-state index contributed by atoms with van der Waals surface area (Å²) < 4.78 is 35.6. The summed E-state index contributed by atoms with van der Waals surface area (Å²) >= 11 is 0. The zero-order valence-electron chi connectivity index (χ0n) is 14.2. The monoisotopic (exact) mass is 358 g/mol. The predicted octanol–water partition coefficient (Wildman–Crippen LogP) is 1.01. The van der Waals surface area contributed by atoms with E-state index in [2.05, 4.69) is 0 Å². The number of furan rings is 1. The molecule has 2 heterocycles. The molecule has 1 saturated heterocycles. The van der Waals surface area contributed by atoms with Crippen molar-refractivity contribution in [2.45, 2.75) is 37.8 Å². The van der Waals surface area contributed by atoms with Gasteiger partial charge in [0.2, 0.25) is 5.09 Å². The second kappa shape index (κ2) is 6.94. The smallest absolute Gasteiger partial charge is 0.328 e. The topological polar surface area (TPSA) is 97.1 Å². The predicted molar refractivity (Wildman–Crippen MR) is 85.0 cm³/mol. The molecule has 1 fully saturated rings. The molecule has 1 aliphatic rings. The van der Waals surface area contributed by atoms with Gasteiger partial charge in [-0.1, -0.05) is 0 Å². The zero-order chi connectivity index (χ0) is 18.1. The molecule has 134 valence electrons. The van der Waals surface area contributed by atoms with Gasteiger partial charge in [0.15, 0.2) is 0 Å². The van der Waals surface area contributed by atoms with Gasteiger partial charge >= 0.3 is 5.97 Å². The van der Waals surface area contributed by atoms with E-state index in [0.717, 1.165) is 4.31 Å². The normalized spacial score (nSPS) is 18.2. The number of aryl methyl sites for hydroxylation is 1. The first kappa shape index (κ1) is 18.5. The maximum atomic E-state index is 12.7. The third kappa shape index (κ3) is 3.32. The molecule has 1 aromatic rings. The summed E-state index contributed by atoms with van der Waals surface area (Å²) in [5.41, 5.74) is 0.145. The van der Waals surface area contributed by atoms with Gasteiger partial charge in [0.25, 0.3) is 15.9 Å². The van der Waals surface area contributed by atoms with E-state index in [1.807, 2.05) is 0 Å². The van der Waals surface area contributed by atoms with Gasteiger partial charge in [-0.3, -0.25) is 4.79 Å². The van der Waals surface area contributed by atoms with Crippen molar-refractivity contribution >= 4 is 21.9 Å². The van der Waals surface area contributed by atoms with E-state index < -0.39 is 27.9 Å². The average molecular weight is 358 g/mol. The Balaban J connectivity index is 2.30. The number of esters is 1. The Kier molecular flexibility index (Phi) is 5.34. The van der Waals surface area contributed by atoms with E-state index >= 15 is 0 Å². The minimum absolute atomic E-state index is 0.145. The molecule has 1 amide bonds. The van der Waals surface area contributed by atoms with Crippen molar-refractivity contribution in [1.82, 2.24) is 9.21 Å². The van der Waals surface area contributed by atoms with Crippen molar-refractivity contribution in [3.05, 3.63) is 17.4 Å². The van der Waals surface area contributed by atoms with Crippen molar-refractivity contribution in [1.29, 1.82) is 0 Å². The van der Waals surface area contributed by atoms with E-state index in [1.54, 1.807) is 6.92 Å². The number of likely N-dealkylation sites (tertiary alicyclic amines) is 1. The standard InChI is InChI=1S/C15H22N2O6S/c1-5-22-15(19)12-7-6-8-17(12)14(18)11-9-13(23-10(11)2)24(20,21)16(3)4/h9,12H,5-8H2,1-4H3/t12-/m0/s1. The fourth-order valence-electron chi connectivity index (χ4n) is 2.62. The summed E-state index contributed by atoms with van der Waals surface area (Å²) in [5, 5.41) is -0.291. The highest BCUT2D eigenvalue weighted by atomic mass is 32.2. The molecule has 0 N–H and O–H groups in total. The lowest BCUT2D eigenvalue weighted by atomic mass is 10.2. The molecular weight excluding hydrogens is 336 g/mol. The van der Waals surface area contributed by atoms with Crippen LogP contribution in [0, 0.1) is 6.92 Å². The summed E-state index contributed by atoms with van der Waals surface area (Å²) in [6.45, 7) is 3.89. The van der Waals surface area contributed by atoms with Gasteiger partial charge in [0, 0.05) is 26.7 Å². The Morgan fingerprint density at radius 2 is 2.08 bits per heavy atom. The van der Waals surface area contributed by atoms with E-state index in [0.29, 0.717) is 19.4 Å². The molecule has 1 aromatic heterocycles. The molecule has 8 nitrogen and oxygen atoms in total. The van der Waals surface area contributed by atoms with Gasteiger partial charge in [-0.15, -0.1) is 0 Å². The van der Waals surface area contributed by atoms with Crippen LogP contribution in [0.4, 0.5) is 0 Å². The summed E-state index contributed by atoms with van der Waals surface area (Å²) in [6, 6.07) is 0.578. The summed E-state index contributed by atoms with van der Waals surface area (Å²) in [5.74, 6) is -0.660. The number of hydrogen-bond donors (Lipinski definition) is 0. The highest BCUT2D eigenvalue weighted by Gasteiger charge is 2.37. The molecule has 0 aliphatic carbocycles. The second-order valence-corrected chi connectivity index (χ2v) is 7.81. The second-order valence-electron chi connectivity index (χ2n) is 5.73. The first-order valence-corrected chi connectivity index (χ1v) is 9.14. The summed E-state index contributed by atoms with van der Waals surface area (Å²) in [4.78, 5) is 26.2. The first-order valence-electron chi connectivity index (χ1n) is 7.70. The van der Waals surface area contributed by atoms with Crippen LogP contribution in [0.1, 0.15) is 35.9 Å². The number of rotatable bonds is 5. The van der Waals surface area contributed by atoms with E-state index in [9.17, 15) is 18.0 Å². The van der Waals surface area contributed by atoms with Gasteiger partial charge in [-0.25, -0.2) is 17.5 Å². The van der Waals surface area contributed by atoms with Crippen LogP contribution >= 0.6 is 0 Å². The van der Waals surface area contributed by atoms with Gasteiger partial charge < -0.3 is 14.1 Å². The number of hydrogen-bond acceptors (Lipinski definition) is 6. The van der Waals surface area contributed by atoms with Crippen molar-refractivity contribution in [2.24, 2.45) is 0 Å². The molecule has 0 spiro atoms. The highest BCUT2D eigenvalue weighted by molar-refractivity contribution is 7.88. The Bertz CT molecular complexity index is 737. The van der Waals surface area contributed by atoms with Crippen LogP contribution in [0.5, 0.6) is 0 Å². The van der Waals surface area contributed by atoms with E-state index in [1.165, 1.54) is 32.0 Å². The Morgan fingerprint density at radius 1 is 1.42 bits per heavy atom. The molecule has 0 saturated carbocycles. The number of nitrogens with zero attached hydrogens (tertiary/aromatic N) is 2. The van der Waals surface area contributed by atoms with E-state index in [4.69, 9.17) is 9.15 Å². The number of ether oxygens (including phenoxy) is 1.